The van der Waals surface area contributed by atoms with Crippen LogP contribution in [0.1, 0.15) is 6.92 Å². The normalized spacial score (nSPS) is 10.3. The molecule has 0 unspecified atom stereocenters. The lowest BCUT2D eigenvalue weighted by atomic mass is 10.3. The molecule has 1 amide bonds. The maximum Gasteiger partial charge on any atom is 0.330 e. The maximum atomic E-state index is 10.9. The van der Waals surface area contributed by atoms with Gasteiger partial charge in [-0.3, -0.25) is 4.79 Å². The van der Waals surface area contributed by atoms with Crippen molar-refractivity contribution in [2.24, 2.45) is 0 Å². The highest BCUT2D eigenvalue weighted by atomic mass is 16.6. The van der Waals surface area contributed by atoms with E-state index in [0.29, 0.717) is 52.0 Å². The van der Waals surface area contributed by atoms with Gasteiger partial charge in [0.15, 0.2) is 0 Å². The zero-order valence-corrected chi connectivity index (χ0v) is 15.6. The van der Waals surface area contributed by atoms with Crippen LogP contribution in [0.15, 0.2) is 36.9 Å². The predicted molar refractivity (Wildman–Crippen MR) is 99.9 cm³/mol. The van der Waals surface area contributed by atoms with Crippen molar-refractivity contribution in [3.8, 4) is 5.75 Å². The van der Waals surface area contributed by atoms with Crippen molar-refractivity contribution < 1.29 is 33.3 Å². The number of esters is 1. The van der Waals surface area contributed by atoms with Crippen LogP contribution >= 0.6 is 0 Å². The van der Waals surface area contributed by atoms with E-state index in [1.807, 2.05) is 0 Å². The van der Waals surface area contributed by atoms with Crippen molar-refractivity contribution in [2.75, 3.05) is 58.2 Å². The third kappa shape index (κ3) is 12.6. The molecule has 1 aromatic carbocycles. The standard InChI is InChI=1S/C19H27NO7/c1-3-19(22)27-15-13-25-11-9-23-8-10-24-12-14-26-18-6-4-17(5-7-18)20-16(2)21/h3-7H,1,8-15H2,2H3,(H,20,21). The molecule has 8 heteroatoms. The minimum atomic E-state index is -0.460. The number of benzene rings is 1. The number of nitrogens with one attached hydrogen (secondary N) is 1. The fourth-order valence-electron chi connectivity index (χ4n) is 1.86. The van der Waals surface area contributed by atoms with Gasteiger partial charge in [0.25, 0.3) is 0 Å². The molecule has 0 saturated heterocycles. The van der Waals surface area contributed by atoms with Gasteiger partial charge in [-0.2, -0.15) is 0 Å². The highest BCUT2D eigenvalue weighted by Crippen LogP contribution is 2.15. The minimum absolute atomic E-state index is 0.111. The molecule has 1 rings (SSSR count). The molecule has 0 saturated carbocycles. The smallest absolute Gasteiger partial charge is 0.330 e. The fraction of sp³-hybridized carbons (Fsp3) is 0.474. The summed E-state index contributed by atoms with van der Waals surface area (Å²) < 4.78 is 26.3. The molecular formula is C19H27NO7. The molecule has 150 valence electrons. The van der Waals surface area contributed by atoms with E-state index in [1.165, 1.54) is 6.92 Å². The number of carbonyl (C=O) groups excluding carboxylic acids is 2. The van der Waals surface area contributed by atoms with Gasteiger partial charge in [-0.15, -0.1) is 0 Å². The first-order valence-corrected chi connectivity index (χ1v) is 8.64. The molecule has 1 N–H and O–H groups in total. The number of anilines is 1. The van der Waals surface area contributed by atoms with E-state index >= 15 is 0 Å². The van der Waals surface area contributed by atoms with E-state index in [1.54, 1.807) is 24.3 Å². The second kappa shape index (κ2) is 14.7. The molecule has 0 radical (unpaired) electrons. The second-order valence-electron chi connectivity index (χ2n) is 5.26. The summed E-state index contributed by atoms with van der Waals surface area (Å²) in [5, 5.41) is 2.69. The van der Waals surface area contributed by atoms with Crippen LogP contribution in [0.25, 0.3) is 0 Å². The van der Waals surface area contributed by atoms with Crippen molar-refractivity contribution in [2.45, 2.75) is 6.92 Å². The second-order valence-corrected chi connectivity index (χ2v) is 5.26. The average Bonchev–Trinajstić information content (AvgIpc) is 2.66. The molecule has 8 nitrogen and oxygen atoms in total. The van der Waals surface area contributed by atoms with Gasteiger partial charge >= 0.3 is 5.97 Å². The van der Waals surface area contributed by atoms with Gasteiger partial charge < -0.3 is 29.0 Å². The highest BCUT2D eigenvalue weighted by Gasteiger charge is 1.98. The Bertz CT molecular complexity index is 560. The summed E-state index contributed by atoms with van der Waals surface area (Å²) in [6.07, 6.45) is 1.11. The lowest BCUT2D eigenvalue weighted by molar-refractivity contribution is -0.139. The third-order valence-electron chi connectivity index (χ3n) is 3.05. The van der Waals surface area contributed by atoms with Gasteiger partial charge in [0, 0.05) is 18.7 Å². The predicted octanol–water partition coefficient (Wildman–Crippen LogP) is 1.80. The molecule has 0 aliphatic heterocycles. The highest BCUT2D eigenvalue weighted by molar-refractivity contribution is 5.88. The van der Waals surface area contributed by atoms with Gasteiger partial charge in [-0.25, -0.2) is 4.79 Å². The zero-order chi connectivity index (χ0) is 19.7. The average molecular weight is 381 g/mol. The molecule has 1 aromatic rings. The van der Waals surface area contributed by atoms with Crippen molar-refractivity contribution in [3.05, 3.63) is 36.9 Å². The van der Waals surface area contributed by atoms with Crippen LogP contribution in [0.5, 0.6) is 5.75 Å². The molecule has 0 aliphatic rings. The number of ether oxygens (including phenoxy) is 5. The number of hydrogen-bond donors (Lipinski definition) is 1. The Kier molecular flexibility index (Phi) is 12.3. The summed E-state index contributed by atoms with van der Waals surface area (Å²) >= 11 is 0. The van der Waals surface area contributed by atoms with Crippen LogP contribution in [-0.4, -0.2) is 64.7 Å². The minimum Gasteiger partial charge on any atom is -0.491 e. The topological polar surface area (TPSA) is 92.3 Å². The van der Waals surface area contributed by atoms with Gasteiger partial charge in [0.2, 0.25) is 5.91 Å². The van der Waals surface area contributed by atoms with E-state index in [-0.39, 0.29) is 12.5 Å². The van der Waals surface area contributed by atoms with E-state index in [2.05, 4.69) is 11.9 Å². The molecule has 0 spiro atoms. The Balaban J connectivity index is 1.88. The SMILES string of the molecule is C=CC(=O)OCCOCCOCCOCCOc1ccc(NC(C)=O)cc1. The van der Waals surface area contributed by atoms with E-state index in [0.717, 1.165) is 11.8 Å². The monoisotopic (exact) mass is 381 g/mol. The lowest BCUT2D eigenvalue weighted by Crippen LogP contribution is -2.14. The van der Waals surface area contributed by atoms with Crippen molar-refractivity contribution in [1.29, 1.82) is 0 Å². The van der Waals surface area contributed by atoms with Crippen molar-refractivity contribution in [3.63, 3.8) is 0 Å². The van der Waals surface area contributed by atoms with Crippen molar-refractivity contribution >= 4 is 17.6 Å². The maximum absolute atomic E-state index is 10.9. The number of carbonyl (C=O) groups is 2. The fourth-order valence-corrected chi connectivity index (χ4v) is 1.86. The summed E-state index contributed by atoms with van der Waals surface area (Å²) in [5.74, 6) is 0.137. The lowest BCUT2D eigenvalue weighted by Gasteiger charge is -2.09. The molecule has 0 heterocycles. The Hall–Kier alpha value is -2.42. The van der Waals surface area contributed by atoms with Crippen LogP contribution in [0, 0.1) is 0 Å². The summed E-state index contributed by atoms with van der Waals surface area (Å²) in [5.41, 5.74) is 0.727. The van der Waals surface area contributed by atoms with Gasteiger partial charge in [-0.05, 0) is 24.3 Å². The molecule has 0 aliphatic carbocycles. The van der Waals surface area contributed by atoms with Crippen LogP contribution in [0.3, 0.4) is 0 Å². The molecular weight excluding hydrogens is 354 g/mol. The molecule has 0 atom stereocenters. The van der Waals surface area contributed by atoms with Crippen molar-refractivity contribution in [1.82, 2.24) is 0 Å². The van der Waals surface area contributed by atoms with E-state index in [9.17, 15) is 9.59 Å². The van der Waals surface area contributed by atoms with Gasteiger partial charge in [0.1, 0.15) is 19.0 Å². The Morgan fingerprint density at radius 1 is 0.889 bits per heavy atom. The first-order chi connectivity index (χ1) is 13.1. The van der Waals surface area contributed by atoms with Crippen LogP contribution in [0.2, 0.25) is 0 Å². The third-order valence-corrected chi connectivity index (χ3v) is 3.05. The summed E-state index contributed by atoms with van der Waals surface area (Å²) in [7, 11) is 0. The summed E-state index contributed by atoms with van der Waals surface area (Å²) in [6.45, 7) is 7.92. The first-order valence-electron chi connectivity index (χ1n) is 8.64. The Morgan fingerprint density at radius 2 is 1.41 bits per heavy atom. The first kappa shape index (κ1) is 22.6. The number of rotatable bonds is 15. The zero-order valence-electron chi connectivity index (χ0n) is 15.6. The van der Waals surface area contributed by atoms with E-state index < -0.39 is 5.97 Å². The summed E-state index contributed by atoms with van der Waals surface area (Å²) in [6, 6.07) is 7.12. The Morgan fingerprint density at radius 3 is 1.93 bits per heavy atom. The molecule has 0 fully saturated rings. The molecule has 0 aromatic heterocycles. The largest absolute Gasteiger partial charge is 0.491 e. The quantitative estimate of drug-likeness (QED) is 0.281. The molecule has 0 bridgehead atoms. The summed E-state index contributed by atoms with van der Waals surface area (Å²) in [4.78, 5) is 21.7. The van der Waals surface area contributed by atoms with Gasteiger partial charge in [0.05, 0.1) is 39.6 Å². The number of hydrogen-bond acceptors (Lipinski definition) is 7. The Labute approximate surface area is 159 Å². The van der Waals surface area contributed by atoms with E-state index in [4.69, 9.17) is 23.7 Å². The van der Waals surface area contributed by atoms with Crippen LogP contribution < -0.4 is 10.1 Å². The number of amides is 1. The van der Waals surface area contributed by atoms with Crippen LogP contribution in [0.4, 0.5) is 5.69 Å². The van der Waals surface area contributed by atoms with Crippen LogP contribution in [-0.2, 0) is 28.5 Å². The molecule has 27 heavy (non-hydrogen) atoms. The van der Waals surface area contributed by atoms with Gasteiger partial charge in [-0.1, -0.05) is 6.58 Å².